The second-order valence-corrected chi connectivity index (χ2v) is 8.06. The Kier molecular flexibility index (Phi) is 6.32. The van der Waals surface area contributed by atoms with Crippen LogP contribution in [-0.4, -0.2) is 41.3 Å². The fourth-order valence-electron chi connectivity index (χ4n) is 2.50. The number of nitrogens with zero attached hydrogens (tertiary/aromatic N) is 1. The Hall–Kier alpha value is -2.74. The van der Waals surface area contributed by atoms with Crippen molar-refractivity contribution in [3.05, 3.63) is 47.5 Å². The molecule has 2 rings (SSSR count). The number of ether oxygens (including phenoxy) is 2. The molecule has 0 aliphatic rings. The summed E-state index contributed by atoms with van der Waals surface area (Å²) in [4.78, 5) is 12.5. The normalized spacial score (nSPS) is 11.0. The Morgan fingerprint density at radius 2 is 1.74 bits per heavy atom. The first-order chi connectivity index (χ1) is 12.7. The molecule has 2 aromatic rings. The number of hydrogen-bond donors (Lipinski definition) is 1. The van der Waals surface area contributed by atoms with Gasteiger partial charge in [-0.15, -0.1) is 0 Å². The maximum atomic E-state index is 12.5. The fraction of sp³-hybridized carbons (Fsp3) is 0.316. The molecule has 0 saturated heterocycles. The van der Waals surface area contributed by atoms with Crippen molar-refractivity contribution in [1.82, 2.24) is 0 Å². The van der Waals surface area contributed by atoms with Crippen LogP contribution in [0.5, 0.6) is 11.5 Å². The van der Waals surface area contributed by atoms with Crippen LogP contribution < -0.4 is 19.1 Å². The minimum atomic E-state index is -3.64. The largest absolute Gasteiger partial charge is 0.497 e. The van der Waals surface area contributed by atoms with Crippen molar-refractivity contribution in [2.24, 2.45) is 0 Å². The van der Waals surface area contributed by atoms with Gasteiger partial charge in [-0.05, 0) is 49.2 Å². The molecule has 0 aliphatic carbocycles. The van der Waals surface area contributed by atoms with Gasteiger partial charge in [0.15, 0.2) is 0 Å². The minimum absolute atomic E-state index is 0.351. The Balaban J connectivity index is 2.26. The van der Waals surface area contributed by atoms with E-state index in [-0.39, 0.29) is 6.54 Å². The van der Waals surface area contributed by atoms with E-state index < -0.39 is 15.9 Å². The Morgan fingerprint density at radius 1 is 1.04 bits per heavy atom. The van der Waals surface area contributed by atoms with Crippen LogP contribution in [0.25, 0.3) is 0 Å². The van der Waals surface area contributed by atoms with Crippen molar-refractivity contribution in [2.45, 2.75) is 13.8 Å². The van der Waals surface area contributed by atoms with Crippen molar-refractivity contribution in [3.63, 3.8) is 0 Å². The van der Waals surface area contributed by atoms with E-state index in [9.17, 15) is 13.2 Å². The van der Waals surface area contributed by atoms with E-state index in [2.05, 4.69) is 5.32 Å². The molecule has 7 nitrogen and oxygen atoms in total. The lowest BCUT2D eigenvalue weighted by Gasteiger charge is -2.23. The zero-order chi connectivity index (χ0) is 20.2. The van der Waals surface area contributed by atoms with Crippen molar-refractivity contribution < 1.29 is 22.7 Å². The predicted octanol–water partition coefficient (Wildman–Crippen LogP) is 2.73. The molecule has 0 aromatic heterocycles. The molecule has 1 N–H and O–H groups in total. The summed E-state index contributed by atoms with van der Waals surface area (Å²) in [5.74, 6) is 0.514. The molecule has 0 atom stereocenters. The lowest BCUT2D eigenvalue weighted by Crippen LogP contribution is -2.37. The zero-order valence-corrected chi connectivity index (χ0v) is 16.9. The summed E-state index contributed by atoms with van der Waals surface area (Å²) >= 11 is 0. The third-order valence-corrected chi connectivity index (χ3v) is 5.29. The van der Waals surface area contributed by atoms with Crippen molar-refractivity contribution in [2.75, 3.05) is 36.6 Å². The number of rotatable bonds is 7. The first-order valence-electron chi connectivity index (χ1n) is 8.22. The molecule has 0 aliphatic heterocycles. The molecule has 146 valence electrons. The number of anilines is 2. The van der Waals surface area contributed by atoms with Gasteiger partial charge in [-0.3, -0.25) is 9.10 Å². The van der Waals surface area contributed by atoms with Gasteiger partial charge in [0.05, 0.1) is 31.9 Å². The van der Waals surface area contributed by atoms with Crippen LogP contribution in [0, 0.1) is 13.8 Å². The van der Waals surface area contributed by atoms with Crippen molar-refractivity contribution in [3.8, 4) is 11.5 Å². The fourth-order valence-corrected chi connectivity index (χ4v) is 3.35. The first-order valence-corrected chi connectivity index (χ1v) is 10.1. The predicted molar refractivity (Wildman–Crippen MR) is 106 cm³/mol. The molecule has 0 heterocycles. The number of carbonyl (C=O) groups is 1. The summed E-state index contributed by atoms with van der Waals surface area (Å²) in [5.41, 5.74) is 2.85. The van der Waals surface area contributed by atoms with Crippen LogP contribution in [0.3, 0.4) is 0 Å². The van der Waals surface area contributed by atoms with Crippen LogP contribution >= 0.6 is 0 Å². The van der Waals surface area contributed by atoms with Gasteiger partial charge in [-0.2, -0.15) is 0 Å². The van der Waals surface area contributed by atoms with Crippen molar-refractivity contribution >= 4 is 27.3 Å². The third kappa shape index (κ3) is 5.13. The highest BCUT2D eigenvalue weighted by Gasteiger charge is 2.22. The number of aryl methyl sites for hydroxylation is 2. The van der Waals surface area contributed by atoms with E-state index in [4.69, 9.17) is 9.47 Å². The summed E-state index contributed by atoms with van der Waals surface area (Å²) in [6.07, 6.45) is 1.07. The van der Waals surface area contributed by atoms with E-state index in [0.29, 0.717) is 22.9 Å². The summed E-state index contributed by atoms with van der Waals surface area (Å²) in [5, 5.41) is 2.69. The molecule has 0 fully saturated rings. The SMILES string of the molecule is COc1ccc(NC(=O)CN(c2ccc(C)c(C)c2)S(C)(=O)=O)c(OC)c1. The average Bonchev–Trinajstić information content (AvgIpc) is 2.61. The topological polar surface area (TPSA) is 84.9 Å². The molecule has 0 radical (unpaired) electrons. The smallest absolute Gasteiger partial charge is 0.245 e. The molecule has 1 amide bonds. The molecule has 0 saturated carbocycles. The van der Waals surface area contributed by atoms with Crippen LogP contribution in [0.1, 0.15) is 11.1 Å². The average molecular weight is 392 g/mol. The standard InChI is InChI=1S/C19H24N2O5S/c1-13-6-7-15(10-14(13)2)21(27(5,23)24)12-19(22)20-17-9-8-16(25-3)11-18(17)26-4/h6-11H,12H2,1-5H3,(H,20,22). The van der Waals surface area contributed by atoms with Gasteiger partial charge in [0, 0.05) is 6.07 Å². The van der Waals surface area contributed by atoms with Crippen molar-refractivity contribution in [1.29, 1.82) is 0 Å². The second kappa shape index (κ2) is 8.30. The summed E-state index contributed by atoms with van der Waals surface area (Å²) in [6, 6.07) is 10.2. The van der Waals surface area contributed by atoms with Gasteiger partial charge in [-0.25, -0.2) is 8.42 Å². The number of methoxy groups -OCH3 is 2. The first kappa shape index (κ1) is 20.6. The quantitative estimate of drug-likeness (QED) is 0.783. The van der Waals surface area contributed by atoms with Crippen LogP contribution in [0.15, 0.2) is 36.4 Å². The van der Waals surface area contributed by atoms with Crippen LogP contribution in [0.2, 0.25) is 0 Å². The third-order valence-electron chi connectivity index (χ3n) is 4.15. The summed E-state index contributed by atoms with van der Waals surface area (Å²) in [7, 11) is -0.637. The van der Waals surface area contributed by atoms with Crippen LogP contribution in [-0.2, 0) is 14.8 Å². The number of nitrogens with one attached hydrogen (secondary N) is 1. The minimum Gasteiger partial charge on any atom is -0.497 e. The molecule has 8 heteroatoms. The molecular weight excluding hydrogens is 368 g/mol. The van der Waals surface area contributed by atoms with Gasteiger partial charge in [0.1, 0.15) is 18.0 Å². The van der Waals surface area contributed by atoms with E-state index in [1.807, 2.05) is 19.9 Å². The van der Waals surface area contributed by atoms with Gasteiger partial charge in [-0.1, -0.05) is 6.07 Å². The maximum Gasteiger partial charge on any atom is 0.245 e. The molecule has 27 heavy (non-hydrogen) atoms. The van der Waals surface area contributed by atoms with E-state index >= 15 is 0 Å². The number of carbonyl (C=O) groups excluding carboxylic acids is 1. The lowest BCUT2D eigenvalue weighted by atomic mass is 10.1. The molecule has 2 aromatic carbocycles. The molecule has 0 bridgehead atoms. The highest BCUT2D eigenvalue weighted by Crippen LogP contribution is 2.29. The summed E-state index contributed by atoms with van der Waals surface area (Å²) in [6.45, 7) is 3.48. The highest BCUT2D eigenvalue weighted by atomic mass is 32.2. The van der Waals surface area contributed by atoms with Crippen LogP contribution in [0.4, 0.5) is 11.4 Å². The number of hydrogen-bond acceptors (Lipinski definition) is 5. The highest BCUT2D eigenvalue weighted by molar-refractivity contribution is 7.92. The van der Waals surface area contributed by atoms with Gasteiger partial charge in [0.25, 0.3) is 0 Å². The number of sulfonamides is 1. The maximum absolute atomic E-state index is 12.5. The van der Waals surface area contributed by atoms with Gasteiger partial charge < -0.3 is 14.8 Å². The van der Waals surface area contributed by atoms with Gasteiger partial charge >= 0.3 is 0 Å². The lowest BCUT2D eigenvalue weighted by molar-refractivity contribution is -0.114. The Bertz CT molecular complexity index is 941. The molecule has 0 spiro atoms. The number of amides is 1. The molecule has 0 unspecified atom stereocenters. The second-order valence-electron chi connectivity index (χ2n) is 6.15. The van der Waals surface area contributed by atoms with Gasteiger partial charge in [0.2, 0.25) is 15.9 Å². The van der Waals surface area contributed by atoms with E-state index in [1.165, 1.54) is 14.2 Å². The van der Waals surface area contributed by atoms with E-state index in [1.54, 1.807) is 30.3 Å². The van der Waals surface area contributed by atoms with E-state index in [0.717, 1.165) is 21.7 Å². The number of benzene rings is 2. The Morgan fingerprint density at radius 3 is 2.30 bits per heavy atom. The summed E-state index contributed by atoms with van der Waals surface area (Å²) < 4.78 is 35.9. The Labute approximate surface area is 160 Å². The monoisotopic (exact) mass is 392 g/mol. The molecular formula is C19H24N2O5S. The zero-order valence-electron chi connectivity index (χ0n) is 16.1.